The highest BCUT2D eigenvalue weighted by Crippen LogP contribution is 2.23. The fourth-order valence-electron chi connectivity index (χ4n) is 3.10. The van der Waals surface area contributed by atoms with E-state index in [1.807, 2.05) is 24.3 Å². The van der Waals surface area contributed by atoms with E-state index in [1.165, 1.54) is 43.4 Å². The monoisotopic (exact) mass is 415 g/mol. The molecular formula is C17H26IN3O. The Morgan fingerprint density at radius 2 is 1.91 bits per heavy atom. The second-order valence-electron chi connectivity index (χ2n) is 6.45. The van der Waals surface area contributed by atoms with E-state index in [4.69, 9.17) is 4.42 Å². The Kier molecular flexibility index (Phi) is 6.09. The Morgan fingerprint density at radius 1 is 1.18 bits per heavy atom. The van der Waals surface area contributed by atoms with Crippen LogP contribution in [0.1, 0.15) is 26.2 Å². The number of unbranched alkanes of at least 4 members (excludes halogenated alkanes) is 2. The maximum absolute atomic E-state index is 5.88. The van der Waals surface area contributed by atoms with Crippen LogP contribution >= 0.6 is 0 Å². The van der Waals surface area contributed by atoms with Crippen molar-refractivity contribution in [2.24, 2.45) is 0 Å². The molecule has 1 aliphatic rings. The number of para-hydroxylation sites is 2. The standard InChI is InChI=1S/C17H26N3O.HI/c1-3-4-7-12-20(2)13-10-19(11-14-20)17-18-15-8-5-6-9-16(15)21-17;/h5-6,8-9H,3-4,7,10-14H2,1-2H3;1H/q+1;/p-1. The van der Waals surface area contributed by atoms with Gasteiger partial charge in [0.2, 0.25) is 0 Å². The van der Waals surface area contributed by atoms with Gasteiger partial charge in [-0.3, -0.25) is 0 Å². The van der Waals surface area contributed by atoms with E-state index in [0.717, 1.165) is 30.2 Å². The molecule has 1 saturated heterocycles. The lowest BCUT2D eigenvalue weighted by atomic mass is 10.2. The largest absolute Gasteiger partial charge is 1.00 e. The van der Waals surface area contributed by atoms with Crippen LogP contribution in [0.3, 0.4) is 0 Å². The fraction of sp³-hybridized carbons (Fsp3) is 0.588. The zero-order valence-corrected chi connectivity index (χ0v) is 15.8. The number of hydrogen-bond acceptors (Lipinski definition) is 3. The molecule has 0 atom stereocenters. The molecule has 0 radical (unpaired) electrons. The van der Waals surface area contributed by atoms with Gasteiger partial charge in [-0.2, -0.15) is 4.98 Å². The van der Waals surface area contributed by atoms with Crippen molar-refractivity contribution in [3.8, 4) is 0 Å². The molecule has 0 spiro atoms. The summed E-state index contributed by atoms with van der Waals surface area (Å²) in [5.74, 6) is 0. The lowest BCUT2D eigenvalue weighted by Crippen LogP contribution is -3.00. The number of oxazole rings is 1. The summed E-state index contributed by atoms with van der Waals surface area (Å²) in [7, 11) is 2.39. The lowest BCUT2D eigenvalue weighted by molar-refractivity contribution is -0.910. The predicted octanol–water partition coefficient (Wildman–Crippen LogP) is 0.289. The Bertz CT molecular complexity index is 557. The highest BCUT2D eigenvalue weighted by Gasteiger charge is 2.30. The summed E-state index contributed by atoms with van der Waals surface area (Å²) in [6.07, 6.45) is 3.99. The first kappa shape index (κ1) is 17.5. The lowest BCUT2D eigenvalue weighted by Gasteiger charge is -2.41. The van der Waals surface area contributed by atoms with Gasteiger partial charge >= 0.3 is 0 Å². The number of nitrogens with zero attached hydrogens (tertiary/aromatic N) is 3. The molecule has 0 bridgehead atoms. The third kappa shape index (κ3) is 3.93. The molecule has 0 aliphatic carbocycles. The van der Waals surface area contributed by atoms with E-state index in [0.29, 0.717) is 0 Å². The normalized spacial score (nSPS) is 17.5. The summed E-state index contributed by atoms with van der Waals surface area (Å²) < 4.78 is 7.07. The minimum Gasteiger partial charge on any atom is -1.00 e. The van der Waals surface area contributed by atoms with E-state index in [1.54, 1.807) is 0 Å². The van der Waals surface area contributed by atoms with Crippen molar-refractivity contribution < 1.29 is 32.9 Å². The average molecular weight is 415 g/mol. The van der Waals surface area contributed by atoms with Crippen LogP contribution in [0, 0.1) is 0 Å². The highest BCUT2D eigenvalue weighted by molar-refractivity contribution is 5.74. The van der Waals surface area contributed by atoms with Crippen LogP contribution in [0.5, 0.6) is 0 Å². The Labute approximate surface area is 150 Å². The molecule has 2 aromatic rings. The van der Waals surface area contributed by atoms with Gasteiger partial charge in [0.1, 0.15) is 5.52 Å². The van der Waals surface area contributed by atoms with Crippen LogP contribution in [0.4, 0.5) is 6.01 Å². The molecule has 3 rings (SSSR count). The second-order valence-corrected chi connectivity index (χ2v) is 6.45. The van der Waals surface area contributed by atoms with Crippen molar-refractivity contribution in [2.75, 3.05) is 44.7 Å². The van der Waals surface area contributed by atoms with Crippen LogP contribution in [0.15, 0.2) is 28.7 Å². The SMILES string of the molecule is CCCCC[N+]1(C)CCN(c2nc3ccccc3o2)CC1.[I-]. The first-order valence-electron chi connectivity index (χ1n) is 8.14. The number of benzene rings is 1. The zero-order chi connectivity index (χ0) is 14.7. The molecule has 2 heterocycles. The van der Waals surface area contributed by atoms with E-state index in [9.17, 15) is 0 Å². The molecule has 0 unspecified atom stereocenters. The minimum atomic E-state index is 0. The van der Waals surface area contributed by atoms with Gasteiger partial charge in [0.05, 0.1) is 39.8 Å². The number of quaternary nitrogens is 1. The van der Waals surface area contributed by atoms with Crippen molar-refractivity contribution in [3.05, 3.63) is 24.3 Å². The highest BCUT2D eigenvalue weighted by atomic mass is 127. The van der Waals surface area contributed by atoms with Crippen molar-refractivity contribution in [1.82, 2.24) is 4.98 Å². The molecule has 1 fully saturated rings. The Morgan fingerprint density at radius 3 is 2.59 bits per heavy atom. The molecule has 4 nitrogen and oxygen atoms in total. The van der Waals surface area contributed by atoms with Gasteiger partial charge in [-0.05, 0) is 25.0 Å². The van der Waals surface area contributed by atoms with Gasteiger partial charge < -0.3 is 37.8 Å². The summed E-state index contributed by atoms with van der Waals surface area (Å²) in [4.78, 5) is 6.90. The van der Waals surface area contributed by atoms with Gasteiger partial charge in [0.15, 0.2) is 5.58 Å². The predicted molar refractivity (Wildman–Crippen MR) is 86.5 cm³/mol. The van der Waals surface area contributed by atoms with Crippen LogP contribution in [0.2, 0.25) is 0 Å². The third-order valence-corrected chi connectivity index (χ3v) is 4.67. The van der Waals surface area contributed by atoms with Crippen molar-refractivity contribution >= 4 is 17.1 Å². The number of likely N-dealkylation sites (N-methyl/N-ethyl adjacent to an activating group) is 1. The van der Waals surface area contributed by atoms with Crippen molar-refractivity contribution in [3.63, 3.8) is 0 Å². The smallest absolute Gasteiger partial charge is 0.298 e. The molecule has 22 heavy (non-hydrogen) atoms. The molecule has 1 aliphatic heterocycles. The summed E-state index contributed by atoms with van der Waals surface area (Å²) in [6, 6.07) is 8.79. The number of hydrogen-bond donors (Lipinski definition) is 0. The summed E-state index contributed by atoms with van der Waals surface area (Å²) in [5, 5.41) is 0. The van der Waals surface area contributed by atoms with Gasteiger partial charge in [-0.1, -0.05) is 25.5 Å². The molecule has 5 heteroatoms. The molecule has 1 aromatic carbocycles. The average Bonchev–Trinajstić information content (AvgIpc) is 2.92. The maximum atomic E-state index is 5.88. The van der Waals surface area contributed by atoms with Crippen molar-refractivity contribution in [1.29, 1.82) is 0 Å². The number of halogens is 1. The number of fused-ring (bicyclic) bond motifs is 1. The van der Waals surface area contributed by atoms with E-state index in [2.05, 4.69) is 23.9 Å². The number of rotatable bonds is 5. The Hall–Kier alpha value is -0.820. The van der Waals surface area contributed by atoms with Crippen LogP contribution in [0.25, 0.3) is 11.1 Å². The molecule has 1 aromatic heterocycles. The number of anilines is 1. The van der Waals surface area contributed by atoms with Crippen LogP contribution in [-0.4, -0.2) is 49.2 Å². The Balaban J connectivity index is 0.00000176. The van der Waals surface area contributed by atoms with Crippen molar-refractivity contribution in [2.45, 2.75) is 26.2 Å². The molecule has 0 amide bonds. The summed E-state index contributed by atoms with van der Waals surface area (Å²) in [5.41, 5.74) is 1.84. The van der Waals surface area contributed by atoms with E-state index < -0.39 is 0 Å². The topological polar surface area (TPSA) is 29.3 Å². The molecular weight excluding hydrogens is 389 g/mol. The fourth-order valence-corrected chi connectivity index (χ4v) is 3.10. The summed E-state index contributed by atoms with van der Waals surface area (Å²) in [6.45, 7) is 8.01. The minimum absolute atomic E-state index is 0. The molecule has 0 N–H and O–H groups in total. The second kappa shape index (κ2) is 7.64. The van der Waals surface area contributed by atoms with Gasteiger partial charge in [-0.25, -0.2) is 0 Å². The number of piperazine rings is 1. The third-order valence-electron chi connectivity index (χ3n) is 4.67. The van der Waals surface area contributed by atoms with Crippen LogP contribution < -0.4 is 28.9 Å². The van der Waals surface area contributed by atoms with E-state index in [-0.39, 0.29) is 24.0 Å². The summed E-state index contributed by atoms with van der Waals surface area (Å²) >= 11 is 0. The molecule has 122 valence electrons. The zero-order valence-electron chi connectivity index (χ0n) is 13.6. The first-order valence-corrected chi connectivity index (χ1v) is 8.14. The van der Waals surface area contributed by atoms with Gasteiger partial charge in [-0.15, -0.1) is 0 Å². The van der Waals surface area contributed by atoms with E-state index >= 15 is 0 Å². The maximum Gasteiger partial charge on any atom is 0.298 e. The first-order chi connectivity index (χ1) is 10.2. The van der Waals surface area contributed by atoms with Gasteiger partial charge in [0.25, 0.3) is 6.01 Å². The van der Waals surface area contributed by atoms with Gasteiger partial charge in [0, 0.05) is 0 Å². The molecule has 0 saturated carbocycles. The quantitative estimate of drug-likeness (QED) is 0.400. The van der Waals surface area contributed by atoms with Crippen LogP contribution in [-0.2, 0) is 0 Å². The number of aromatic nitrogens is 1.